The van der Waals surface area contributed by atoms with E-state index in [1.807, 2.05) is 12.1 Å². The zero-order valence-corrected chi connectivity index (χ0v) is 12.5. The molecule has 0 nitrogen and oxygen atoms in total. The van der Waals surface area contributed by atoms with Gasteiger partial charge in [-0.05, 0) is 42.9 Å². The van der Waals surface area contributed by atoms with Gasteiger partial charge in [-0.1, -0.05) is 65.3 Å². The molecule has 0 heterocycles. The van der Waals surface area contributed by atoms with E-state index in [2.05, 4.69) is 28.1 Å². The fourth-order valence-electron chi connectivity index (χ4n) is 2.73. The van der Waals surface area contributed by atoms with Gasteiger partial charge in [0.25, 0.3) is 0 Å². The predicted molar refractivity (Wildman–Crippen MR) is 79.1 cm³/mol. The zero-order chi connectivity index (χ0) is 12.1. The monoisotopic (exact) mass is 314 g/mol. The van der Waals surface area contributed by atoms with Gasteiger partial charge in [-0.2, -0.15) is 0 Å². The van der Waals surface area contributed by atoms with Gasteiger partial charge in [-0.15, -0.1) is 0 Å². The smallest absolute Gasteiger partial charge is 0.0408 e. The van der Waals surface area contributed by atoms with Crippen molar-refractivity contribution in [1.29, 1.82) is 0 Å². The van der Waals surface area contributed by atoms with Gasteiger partial charge in [0.2, 0.25) is 0 Å². The summed E-state index contributed by atoms with van der Waals surface area (Å²) >= 11 is 9.92. The molecule has 0 N–H and O–H groups in total. The second-order valence-corrected chi connectivity index (χ2v) is 6.71. The summed E-state index contributed by atoms with van der Waals surface area (Å²) in [4.78, 5) is 0.610. The first-order chi connectivity index (χ1) is 8.25. The van der Waals surface area contributed by atoms with Gasteiger partial charge in [0.1, 0.15) is 0 Å². The number of rotatable bonds is 3. The maximum absolute atomic E-state index is 6.02. The van der Waals surface area contributed by atoms with Crippen molar-refractivity contribution in [3.05, 3.63) is 34.9 Å². The van der Waals surface area contributed by atoms with Crippen LogP contribution in [-0.4, -0.2) is 4.83 Å². The molecule has 1 atom stereocenters. The molecule has 94 valence electrons. The summed E-state index contributed by atoms with van der Waals surface area (Å²) in [6.07, 6.45) is 9.53. The van der Waals surface area contributed by atoms with Gasteiger partial charge in [-0.25, -0.2) is 0 Å². The van der Waals surface area contributed by atoms with Crippen molar-refractivity contribution in [2.75, 3.05) is 0 Å². The van der Waals surface area contributed by atoms with Crippen molar-refractivity contribution < 1.29 is 0 Å². The largest absolute Gasteiger partial charge is 0.0884 e. The predicted octanol–water partition coefficient (Wildman–Crippen LogP) is 5.62. The van der Waals surface area contributed by atoms with E-state index in [-0.39, 0.29) is 0 Å². The molecule has 1 unspecified atom stereocenters. The van der Waals surface area contributed by atoms with E-state index >= 15 is 0 Å². The molecular formula is C15H20BrCl. The van der Waals surface area contributed by atoms with Crippen LogP contribution in [0.25, 0.3) is 0 Å². The molecule has 0 aliphatic heterocycles. The fraction of sp³-hybridized carbons (Fsp3) is 0.600. The summed E-state index contributed by atoms with van der Waals surface area (Å²) < 4.78 is 0. The molecule has 0 spiro atoms. The van der Waals surface area contributed by atoms with E-state index in [0.29, 0.717) is 4.83 Å². The molecule has 1 aromatic rings. The highest BCUT2D eigenvalue weighted by atomic mass is 79.9. The highest BCUT2D eigenvalue weighted by Gasteiger charge is 2.20. The van der Waals surface area contributed by atoms with Gasteiger partial charge in [0.05, 0.1) is 0 Å². The van der Waals surface area contributed by atoms with Gasteiger partial charge in [0.15, 0.2) is 0 Å². The normalized spacial score (nSPS) is 19.9. The van der Waals surface area contributed by atoms with E-state index in [1.165, 1.54) is 44.1 Å². The molecule has 1 aromatic carbocycles. The number of halogens is 2. The summed E-state index contributed by atoms with van der Waals surface area (Å²) in [5.41, 5.74) is 1.35. The summed E-state index contributed by atoms with van der Waals surface area (Å²) in [6, 6.07) is 8.26. The van der Waals surface area contributed by atoms with Crippen LogP contribution in [0.5, 0.6) is 0 Å². The minimum atomic E-state index is 0.610. The van der Waals surface area contributed by atoms with Crippen molar-refractivity contribution in [1.82, 2.24) is 0 Å². The Hall–Kier alpha value is -0.0100. The molecule has 0 saturated heterocycles. The third-order valence-electron chi connectivity index (χ3n) is 3.73. The molecule has 0 bridgehead atoms. The van der Waals surface area contributed by atoms with Gasteiger partial charge in [0, 0.05) is 9.85 Å². The van der Waals surface area contributed by atoms with Crippen LogP contribution in [0.15, 0.2) is 24.3 Å². The first-order valence-electron chi connectivity index (χ1n) is 6.64. The first-order valence-corrected chi connectivity index (χ1v) is 7.93. The van der Waals surface area contributed by atoms with Gasteiger partial charge in [-0.3, -0.25) is 0 Å². The Balaban J connectivity index is 1.93. The van der Waals surface area contributed by atoms with Crippen LogP contribution in [0.1, 0.15) is 44.1 Å². The lowest BCUT2D eigenvalue weighted by molar-refractivity contribution is 0.445. The number of hydrogen-bond acceptors (Lipinski definition) is 0. The van der Waals surface area contributed by atoms with Crippen molar-refractivity contribution in [3.63, 3.8) is 0 Å². The second-order valence-electron chi connectivity index (χ2n) is 5.10. The van der Waals surface area contributed by atoms with Crippen LogP contribution in [0.4, 0.5) is 0 Å². The standard InChI is InChI=1S/C15H20BrCl/c16-15(13-7-3-1-2-4-8-13)11-12-6-5-9-14(17)10-12/h5-6,9-10,13,15H,1-4,7-8,11H2. The summed E-state index contributed by atoms with van der Waals surface area (Å²) in [6.45, 7) is 0. The van der Waals surface area contributed by atoms with E-state index in [0.717, 1.165) is 17.4 Å². The number of hydrogen-bond donors (Lipinski definition) is 0. The summed E-state index contributed by atoms with van der Waals surface area (Å²) in [7, 11) is 0. The van der Waals surface area contributed by atoms with Crippen molar-refractivity contribution in [2.24, 2.45) is 5.92 Å². The van der Waals surface area contributed by atoms with E-state index in [9.17, 15) is 0 Å². The van der Waals surface area contributed by atoms with Crippen LogP contribution in [-0.2, 0) is 6.42 Å². The van der Waals surface area contributed by atoms with E-state index in [1.54, 1.807) is 0 Å². The molecule has 0 radical (unpaired) electrons. The lowest BCUT2D eigenvalue weighted by atomic mass is 9.93. The van der Waals surface area contributed by atoms with Crippen LogP contribution in [0.3, 0.4) is 0 Å². The van der Waals surface area contributed by atoms with Crippen LogP contribution in [0, 0.1) is 5.92 Å². The quantitative estimate of drug-likeness (QED) is 0.502. The molecular weight excluding hydrogens is 296 g/mol. The Kier molecular flexibility index (Phi) is 5.37. The molecule has 1 aliphatic rings. The average molecular weight is 316 g/mol. The molecule has 1 aliphatic carbocycles. The Morgan fingerprint density at radius 2 is 1.88 bits per heavy atom. The molecule has 2 rings (SSSR count). The summed E-state index contributed by atoms with van der Waals surface area (Å²) in [5.74, 6) is 0.844. The van der Waals surface area contributed by atoms with E-state index in [4.69, 9.17) is 11.6 Å². The minimum Gasteiger partial charge on any atom is -0.0884 e. The average Bonchev–Trinajstić information content (AvgIpc) is 2.57. The molecule has 0 amide bonds. The maximum atomic E-state index is 6.02. The van der Waals surface area contributed by atoms with Gasteiger partial charge >= 0.3 is 0 Å². The second kappa shape index (κ2) is 6.80. The van der Waals surface area contributed by atoms with Crippen LogP contribution >= 0.6 is 27.5 Å². The number of benzene rings is 1. The minimum absolute atomic E-state index is 0.610. The van der Waals surface area contributed by atoms with Crippen molar-refractivity contribution in [3.8, 4) is 0 Å². The lowest BCUT2D eigenvalue weighted by Crippen LogP contribution is -2.16. The molecule has 0 aromatic heterocycles. The third kappa shape index (κ3) is 4.30. The first kappa shape index (κ1) is 13.4. The fourth-order valence-corrected chi connectivity index (χ4v) is 3.84. The molecule has 17 heavy (non-hydrogen) atoms. The van der Waals surface area contributed by atoms with Crippen molar-refractivity contribution in [2.45, 2.75) is 49.8 Å². The lowest BCUT2D eigenvalue weighted by Gasteiger charge is -2.20. The Morgan fingerprint density at radius 3 is 2.53 bits per heavy atom. The Bertz CT molecular complexity index is 343. The highest BCUT2D eigenvalue weighted by molar-refractivity contribution is 9.09. The number of alkyl halides is 1. The zero-order valence-electron chi connectivity index (χ0n) is 10.2. The van der Waals surface area contributed by atoms with Crippen molar-refractivity contribution >= 4 is 27.5 Å². The highest BCUT2D eigenvalue weighted by Crippen LogP contribution is 2.31. The molecule has 1 saturated carbocycles. The topological polar surface area (TPSA) is 0 Å². The maximum Gasteiger partial charge on any atom is 0.0408 e. The summed E-state index contributed by atoms with van der Waals surface area (Å²) in [5, 5.41) is 0.850. The Morgan fingerprint density at radius 1 is 1.18 bits per heavy atom. The third-order valence-corrected chi connectivity index (χ3v) is 5.04. The molecule has 1 fully saturated rings. The van der Waals surface area contributed by atoms with Gasteiger partial charge < -0.3 is 0 Å². The SMILES string of the molecule is Clc1cccc(CC(Br)C2CCCCCC2)c1. The van der Waals surface area contributed by atoms with E-state index < -0.39 is 0 Å². The van der Waals surface area contributed by atoms with Crippen LogP contribution < -0.4 is 0 Å². The van der Waals surface area contributed by atoms with Crippen LogP contribution in [0.2, 0.25) is 5.02 Å². The molecule has 2 heteroatoms. The Labute approximate surface area is 118 Å².